The van der Waals surface area contributed by atoms with Crippen molar-refractivity contribution in [3.8, 4) is 0 Å². The Kier molecular flexibility index (Phi) is 4.39. The van der Waals surface area contributed by atoms with Crippen LogP contribution in [0, 0.1) is 11.2 Å². The molecule has 120 valence electrons. The van der Waals surface area contributed by atoms with Crippen molar-refractivity contribution in [2.75, 3.05) is 19.6 Å². The molecular weight excluding hydrogens is 307 g/mol. The van der Waals surface area contributed by atoms with Crippen molar-refractivity contribution in [1.82, 2.24) is 10.2 Å². The molecule has 0 radical (unpaired) electrons. The molecule has 1 aromatic rings. The van der Waals surface area contributed by atoms with Crippen molar-refractivity contribution in [1.29, 1.82) is 0 Å². The lowest BCUT2D eigenvalue weighted by atomic mass is 9.71. The molecule has 22 heavy (non-hydrogen) atoms. The van der Waals surface area contributed by atoms with Crippen molar-refractivity contribution < 1.29 is 14.3 Å². The Morgan fingerprint density at radius 2 is 2.32 bits per heavy atom. The van der Waals surface area contributed by atoms with Gasteiger partial charge in [-0.25, -0.2) is 4.39 Å². The zero-order valence-corrected chi connectivity index (χ0v) is 13.1. The molecule has 1 amide bonds. The fraction of sp³-hybridized carbons (Fsp3) is 0.562. The summed E-state index contributed by atoms with van der Waals surface area (Å²) in [6, 6.07) is 4.65. The van der Waals surface area contributed by atoms with Crippen LogP contribution in [0.5, 0.6) is 0 Å². The average Bonchev–Trinajstić information content (AvgIpc) is 2.49. The van der Waals surface area contributed by atoms with E-state index in [9.17, 15) is 14.3 Å². The molecule has 2 N–H and O–H groups in total. The number of hydrogen-bond donors (Lipinski definition) is 2. The van der Waals surface area contributed by atoms with Crippen LogP contribution in [-0.4, -0.2) is 41.7 Å². The molecule has 0 aromatic heterocycles. The molecule has 0 saturated carbocycles. The molecule has 2 fully saturated rings. The Morgan fingerprint density at radius 1 is 1.50 bits per heavy atom. The minimum atomic E-state index is -0.751. The van der Waals surface area contributed by atoms with E-state index in [4.69, 9.17) is 11.6 Å². The van der Waals surface area contributed by atoms with Crippen LogP contribution in [0.25, 0.3) is 0 Å². The first-order valence-electron chi connectivity index (χ1n) is 7.64. The van der Waals surface area contributed by atoms with Gasteiger partial charge in [-0.15, -0.1) is 0 Å². The van der Waals surface area contributed by atoms with Gasteiger partial charge in [-0.3, -0.25) is 9.69 Å². The molecule has 3 rings (SSSR count). The monoisotopic (exact) mass is 326 g/mol. The fourth-order valence-electron chi connectivity index (χ4n) is 3.55. The number of amides is 1. The summed E-state index contributed by atoms with van der Waals surface area (Å²) in [6.07, 6.45) is 1.45. The van der Waals surface area contributed by atoms with Gasteiger partial charge >= 0.3 is 0 Å². The predicted octanol–water partition coefficient (Wildman–Crippen LogP) is 1.94. The normalized spacial score (nSPS) is 29.6. The van der Waals surface area contributed by atoms with Gasteiger partial charge in [0.1, 0.15) is 5.82 Å². The first-order chi connectivity index (χ1) is 10.5. The maximum absolute atomic E-state index is 14.0. The van der Waals surface area contributed by atoms with Crippen molar-refractivity contribution >= 4 is 17.5 Å². The minimum Gasteiger partial charge on any atom is -0.392 e. The largest absolute Gasteiger partial charge is 0.392 e. The lowest BCUT2D eigenvalue weighted by Gasteiger charge is -2.47. The fourth-order valence-corrected chi connectivity index (χ4v) is 3.71. The van der Waals surface area contributed by atoms with Gasteiger partial charge < -0.3 is 10.4 Å². The van der Waals surface area contributed by atoms with Crippen molar-refractivity contribution in [3.05, 3.63) is 34.6 Å². The summed E-state index contributed by atoms with van der Waals surface area (Å²) >= 11 is 5.77. The SMILES string of the molecule is O=C1NCCC[C@]12CN(Cc1ccc(Cl)cc1F)CC[C@H]2O. The molecule has 0 unspecified atom stereocenters. The highest BCUT2D eigenvalue weighted by Crippen LogP contribution is 2.37. The van der Waals surface area contributed by atoms with Gasteiger partial charge in [0.25, 0.3) is 0 Å². The average molecular weight is 327 g/mol. The highest BCUT2D eigenvalue weighted by molar-refractivity contribution is 6.30. The van der Waals surface area contributed by atoms with Gasteiger partial charge in [-0.2, -0.15) is 0 Å². The highest BCUT2D eigenvalue weighted by atomic mass is 35.5. The Hall–Kier alpha value is -1.17. The lowest BCUT2D eigenvalue weighted by molar-refractivity contribution is -0.149. The number of hydrogen-bond acceptors (Lipinski definition) is 3. The molecule has 2 atom stereocenters. The lowest BCUT2D eigenvalue weighted by Crippen LogP contribution is -2.61. The summed E-state index contributed by atoms with van der Waals surface area (Å²) in [4.78, 5) is 14.3. The van der Waals surface area contributed by atoms with E-state index in [1.54, 1.807) is 12.1 Å². The predicted molar refractivity (Wildman–Crippen MR) is 82.0 cm³/mol. The number of rotatable bonds is 2. The smallest absolute Gasteiger partial charge is 0.230 e. The van der Waals surface area contributed by atoms with Gasteiger partial charge in [0.15, 0.2) is 0 Å². The van der Waals surface area contributed by atoms with Crippen LogP contribution < -0.4 is 5.32 Å². The zero-order chi connectivity index (χ0) is 15.7. The first-order valence-corrected chi connectivity index (χ1v) is 8.02. The molecule has 2 saturated heterocycles. The molecule has 0 bridgehead atoms. The number of nitrogens with one attached hydrogen (secondary N) is 1. The maximum atomic E-state index is 14.0. The summed E-state index contributed by atoms with van der Waals surface area (Å²) in [5.41, 5.74) is -0.188. The van der Waals surface area contributed by atoms with E-state index in [1.807, 2.05) is 4.90 Å². The molecule has 1 spiro atoms. The van der Waals surface area contributed by atoms with Crippen LogP contribution in [0.1, 0.15) is 24.8 Å². The molecule has 2 aliphatic rings. The summed E-state index contributed by atoms with van der Waals surface area (Å²) in [5.74, 6) is -0.409. The number of piperidine rings is 2. The maximum Gasteiger partial charge on any atom is 0.230 e. The molecular formula is C16H20ClFN2O2. The van der Waals surface area contributed by atoms with E-state index in [-0.39, 0.29) is 11.7 Å². The van der Waals surface area contributed by atoms with Crippen LogP contribution >= 0.6 is 11.6 Å². The van der Waals surface area contributed by atoms with Crippen molar-refractivity contribution in [3.63, 3.8) is 0 Å². The van der Waals surface area contributed by atoms with Crippen LogP contribution in [0.15, 0.2) is 18.2 Å². The quantitative estimate of drug-likeness (QED) is 0.873. The molecule has 0 aliphatic carbocycles. The zero-order valence-electron chi connectivity index (χ0n) is 12.3. The highest BCUT2D eigenvalue weighted by Gasteiger charge is 2.49. The van der Waals surface area contributed by atoms with Gasteiger partial charge in [-0.1, -0.05) is 17.7 Å². The second kappa shape index (κ2) is 6.14. The number of halogens is 2. The van der Waals surface area contributed by atoms with Crippen LogP contribution in [0.3, 0.4) is 0 Å². The third-order valence-electron chi connectivity index (χ3n) is 4.81. The summed E-state index contributed by atoms with van der Waals surface area (Å²) in [5, 5.41) is 13.6. The van der Waals surface area contributed by atoms with E-state index < -0.39 is 11.5 Å². The molecule has 6 heteroatoms. The standard InChI is InChI=1S/C16H20ClFN2O2/c17-12-3-2-11(13(18)8-12)9-20-7-4-14(21)16(10-20)5-1-6-19-15(16)22/h2-3,8,14,21H,1,4-7,9-10H2,(H,19,22)/t14-,16-/m1/s1. The van der Waals surface area contributed by atoms with Crippen LogP contribution in [-0.2, 0) is 11.3 Å². The van der Waals surface area contributed by atoms with E-state index >= 15 is 0 Å². The Labute approximate surface area is 134 Å². The van der Waals surface area contributed by atoms with Crippen molar-refractivity contribution in [2.24, 2.45) is 5.41 Å². The third kappa shape index (κ3) is 2.85. The first kappa shape index (κ1) is 15.7. The summed E-state index contributed by atoms with van der Waals surface area (Å²) in [6.45, 7) is 2.20. The Morgan fingerprint density at radius 3 is 3.05 bits per heavy atom. The Balaban J connectivity index is 1.77. The Bertz CT molecular complexity index is 583. The van der Waals surface area contributed by atoms with Gasteiger partial charge in [0.2, 0.25) is 5.91 Å². The second-order valence-electron chi connectivity index (χ2n) is 6.27. The van der Waals surface area contributed by atoms with Crippen molar-refractivity contribution in [2.45, 2.75) is 31.9 Å². The van der Waals surface area contributed by atoms with Gasteiger partial charge in [0, 0.05) is 36.8 Å². The second-order valence-corrected chi connectivity index (χ2v) is 6.70. The van der Waals surface area contributed by atoms with Gasteiger partial charge in [0.05, 0.1) is 11.5 Å². The number of carbonyl (C=O) groups excluding carboxylic acids is 1. The number of benzene rings is 1. The third-order valence-corrected chi connectivity index (χ3v) is 5.04. The van der Waals surface area contributed by atoms with E-state index in [2.05, 4.69) is 5.32 Å². The van der Waals surface area contributed by atoms with Crippen LogP contribution in [0.4, 0.5) is 4.39 Å². The number of carbonyl (C=O) groups is 1. The molecule has 2 heterocycles. The molecule has 2 aliphatic heterocycles. The van der Waals surface area contributed by atoms with Gasteiger partial charge in [-0.05, 0) is 31.4 Å². The minimum absolute atomic E-state index is 0.0764. The number of aliphatic hydroxyl groups excluding tert-OH is 1. The van der Waals surface area contributed by atoms with Crippen LogP contribution in [0.2, 0.25) is 5.02 Å². The number of aliphatic hydroxyl groups is 1. The van der Waals surface area contributed by atoms with E-state index in [0.29, 0.717) is 49.6 Å². The topological polar surface area (TPSA) is 52.6 Å². The number of nitrogens with zero attached hydrogens (tertiary/aromatic N) is 1. The molecule has 1 aromatic carbocycles. The summed E-state index contributed by atoms with van der Waals surface area (Å²) < 4.78 is 14.0. The van der Waals surface area contributed by atoms with E-state index in [1.165, 1.54) is 6.07 Å². The molecule has 4 nitrogen and oxygen atoms in total. The number of likely N-dealkylation sites (tertiary alicyclic amines) is 1. The van der Waals surface area contributed by atoms with E-state index in [0.717, 1.165) is 6.42 Å². The summed E-state index contributed by atoms with van der Waals surface area (Å²) in [7, 11) is 0.